The molecule has 1 aliphatic heterocycles. The van der Waals surface area contributed by atoms with E-state index in [1.54, 1.807) is 6.26 Å². The van der Waals surface area contributed by atoms with Crippen molar-refractivity contribution in [1.82, 2.24) is 14.8 Å². The van der Waals surface area contributed by atoms with Gasteiger partial charge in [-0.25, -0.2) is 0 Å². The summed E-state index contributed by atoms with van der Waals surface area (Å²) in [7, 11) is 0. The van der Waals surface area contributed by atoms with Crippen LogP contribution in [-0.2, 0) is 13.1 Å². The standard InChI is InChI=1S/C19H19N3OS/c24-19(20-14-15-6-2-1-3-7-15)22-12-11-21-10-4-8-16(21)18(22)17-9-5-13-23-17/h1-10,13,18H,11-12,14H2,(H,20,24). The molecule has 0 saturated heterocycles. The fourth-order valence-corrected chi connectivity index (χ4v) is 3.49. The van der Waals surface area contributed by atoms with E-state index in [-0.39, 0.29) is 6.04 Å². The smallest absolute Gasteiger partial charge is 0.170 e. The number of hydrogen-bond acceptors (Lipinski definition) is 2. The van der Waals surface area contributed by atoms with Crippen molar-refractivity contribution >= 4 is 17.3 Å². The summed E-state index contributed by atoms with van der Waals surface area (Å²) in [5, 5.41) is 4.15. The predicted molar refractivity (Wildman–Crippen MR) is 97.6 cm³/mol. The minimum Gasteiger partial charge on any atom is -0.467 e. The highest BCUT2D eigenvalue weighted by Crippen LogP contribution is 2.32. The zero-order chi connectivity index (χ0) is 16.4. The van der Waals surface area contributed by atoms with Gasteiger partial charge in [-0.15, -0.1) is 0 Å². The van der Waals surface area contributed by atoms with Crippen molar-refractivity contribution in [3.63, 3.8) is 0 Å². The van der Waals surface area contributed by atoms with Crippen LogP contribution in [0.1, 0.15) is 23.1 Å². The summed E-state index contributed by atoms with van der Waals surface area (Å²) in [6.07, 6.45) is 3.83. The summed E-state index contributed by atoms with van der Waals surface area (Å²) in [4.78, 5) is 2.21. The van der Waals surface area contributed by atoms with Crippen molar-refractivity contribution in [2.24, 2.45) is 0 Å². The van der Waals surface area contributed by atoms with Crippen LogP contribution in [0.2, 0.25) is 0 Å². The van der Waals surface area contributed by atoms with Crippen molar-refractivity contribution < 1.29 is 4.42 Å². The first-order valence-corrected chi connectivity index (χ1v) is 8.50. The first kappa shape index (κ1) is 15.0. The van der Waals surface area contributed by atoms with Crippen LogP contribution in [0.15, 0.2) is 71.5 Å². The summed E-state index contributed by atoms with van der Waals surface area (Å²) in [6.45, 7) is 2.50. The van der Waals surface area contributed by atoms with Crippen molar-refractivity contribution in [2.75, 3.05) is 6.54 Å². The quantitative estimate of drug-likeness (QED) is 0.741. The van der Waals surface area contributed by atoms with Crippen LogP contribution in [0.3, 0.4) is 0 Å². The molecule has 5 heteroatoms. The molecule has 2 aromatic heterocycles. The molecule has 3 heterocycles. The fourth-order valence-electron chi connectivity index (χ4n) is 3.22. The maximum atomic E-state index is 5.70. The molecule has 4 rings (SSSR count). The number of hydrogen-bond donors (Lipinski definition) is 1. The average Bonchev–Trinajstić information content (AvgIpc) is 3.31. The number of benzene rings is 1. The SMILES string of the molecule is S=C(NCc1ccccc1)N1CCn2cccc2C1c1ccco1. The molecule has 0 bridgehead atoms. The predicted octanol–water partition coefficient (Wildman–Crippen LogP) is 3.56. The summed E-state index contributed by atoms with van der Waals surface area (Å²) in [6, 6.07) is 18.5. The maximum absolute atomic E-state index is 5.70. The Morgan fingerprint density at radius 1 is 1.08 bits per heavy atom. The van der Waals surface area contributed by atoms with Gasteiger partial charge in [0.15, 0.2) is 5.11 Å². The van der Waals surface area contributed by atoms with Crippen molar-refractivity contribution in [2.45, 2.75) is 19.1 Å². The Balaban J connectivity index is 1.56. The third-order valence-electron chi connectivity index (χ3n) is 4.40. The number of thiocarbonyl (C=S) groups is 1. The molecule has 1 aliphatic rings. The molecule has 0 radical (unpaired) electrons. The van der Waals surface area contributed by atoms with E-state index in [4.69, 9.17) is 16.6 Å². The van der Waals surface area contributed by atoms with Gasteiger partial charge >= 0.3 is 0 Å². The molecule has 3 aromatic rings. The van der Waals surface area contributed by atoms with Crippen LogP contribution in [0.4, 0.5) is 0 Å². The number of nitrogens with one attached hydrogen (secondary N) is 1. The van der Waals surface area contributed by atoms with Gasteiger partial charge in [-0.1, -0.05) is 30.3 Å². The molecule has 122 valence electrons. The minimum atomic E-state index is 0.0134. The molecule has 0 amide bonds. The van der Waals surface area contributed by atoms with Gasteiger partial charge in [0.1, 0.15) is 11.8 Å². The molecule has 4 nitrogen and oxygen atoms in total. The Hall–Kier alpha value is -2.53. The third-order valence-corrected chi connectivity index (χ3v) is 4.78. The second-order valence-corrected chi connectivity index (χ2v) is 6.27. The van der Waals surface area contributed by atoms with Gasteiger partial charge in [0, 0.05) is 31.5 Å². The lowest BCUT2D eigenvalue weighted by molar-refractivity contribution is 0.255. The van der Waals surface area contributed by atoms with Crippen LogP contribution >= 0.6 is 12.2 Å². The monoisotopic (exact) mass is 337 g/mol. The molecule has 24 heavy (non-hydrogen) atoms. The summed E-state index contributed by atoms with van der Waals surface area (Å²) < 4.78 is 7.97. The molecule has 0 spiro atoms. The van der Waals surface area contributed by atoms with E-state index in [1.807, 2.05) is 30.3 Å². The van der Waals surface area contributed by atoms with Crippen LogP contribution in [0.5, 0.6) is 0 Å². The van der Waals surface area contributed by atoms with Gasteiger partial charge in [-0.3, -0.25) is 0 Å². The third kappa shape index (κ3) is 2.83. The Bertz CT molecular complexity index is 810. The van der Waals surface area contributed by atoms with Gasteiger partial charge in [0.2, 0.25) is 0 Å². The Labute approximate surface area is 146 Å². The van der Waals surface area contributed by atoms with E-state index >= 15 is 0 Å². The molecule has 1 unspecified atom stereocenters. The number of fused-ring (bicyclic) bond motifs is 1. The van der Waals surface area contributed by atoms with E-state index in [0.29, 0.717) is 0 Å². The van der Waals surface area contributed by atoms with Gasteiger partial charge in [-0.05, 0) is 42.0 Å². The molecular weight excluding hydrogens is 318 g/mol. The zero-order valence-electron chi connectivity index (χ0n) is 13.3. The molecule has 1 atom stereocenters. The second-order valence-electron chi connectivity index (χ2n) is 5.88. The van der Waals surface area contributed by atoms with Crippen molar-refractivity contribution in [3.8, 4) is 0 Å². The maximum Gasteiger partial charge on any atom is 0.170 e. The molecule has 0 fully saturated rings. The molecule has 0 saturated carbocycles. The highest BCUT2D eigenvalue weighted by Gasteiger charge is 2.32. The van der Waals surface area contributed by atoms with Crippen molar-refractivity contribution in [1.29, 1.82) is 0 Å². The van der Waals surface area contributed by atoms with Crippen molar-refractivity contribution in [3.05, 3.63) is 84.1 Å². The van der Waals surface area contributed by atoms with E-state index in [9.17, 15) is 0 Å². The largest absolute Gasteiger partial charge is 0.467 e. The minimum absolute atomic E-state index is 0.0134. The highest BCUT2D eigenvalue weighted by atomic mass is 32.1. The fraction of sp³-hybridized carbons (Fsp3) is 0.211. The Morgan fingerprint density at radius 2 is 1.96 bits per heavy atom. The average molecular weight is 337 g/mol. The number of rotatable bonds is 3. The summed E-state index contributed by atoms with van der Waals surface area (Å²) >= 11 is 5.69. The normalized spacial score (nSPS) is 16.7. The van der Waals surface area contributed by atoms with E-state index in [2.05, 4.69) is 45.2 Å². The van der Waals surface area contributed by atoms with Crippen LogP contribution < -0.4 is 5.32 Å². The van der Waals surface area contributed by atoms with Crippen LogP contribution in [0.25, 0.3) is 0 Å². The Kier molecular flexibility index (Phi) is 4.09. The zero-order valence-corrected chi connectivity index (χ0v) is 14.1. The molecule has 0 aliphatic carbocycles. The lowest BCUT2D eigenvalue weighted by Gasteiger charge is -2.37. The summed E-state index contributed by atoms with van der Waals surface area (Å²) in [5.41, 5.74) is 2.43. The van der Waals surface area contributed by atoms with Gasteiger partial charge in [0.05, 0.1) is 6.26 Å². The topological polar surface area (TPSA) is 33.3 Å². The lowest BCUT2D eigenvalue weighted by Crippen LogP contribution is -2.46. The molecule has 1 N–H and O–H groups in total. The highest BCUT2D eigenvalue weighted by molar-refractivity contribution is 7.80. The van der Waals surface area contributed by atoms with Crippen LogP contribution in [0, 0.1) is 0 Å². The first-order chi connectivity index (χ1) is 11.8. The molecule has 1 aromatic carbocycles. The second kappa shape index (κ2) is 6.53. The Morgan fingerprint density at radius 3 is 2.75 bits per heavy atom. The number of aromatic nitrogens is 1. The van der Waals surface area contributed by atoms with E-state index in [0.717, 1.165) is 30.5 Å². The molecular formula is C19H19N3OS. The lowest BCUT2D eigenvalue weighted by atomic mass is 10.1. The van der Waals surface area contributed by atoms with E-state index in [1.165, 1.54) is 11.3 Å². The summed E-state index contributed by atoms with van der Waals surface area (Å²) in [5.74, 6) is 0.915. The number of furan rings is 1. The first-order valence-electron chi connectivity index (χ1n) is 8.10. The number of nitrogens with zero attached hydrogens (tertiary/aromatic N) is 2. The van der Waals surface area contributed by atoms with E-state index < -0.39 is 0 Å². The van der Waals surface area contributed by atoms with Crippen LogP contribution in [-0.4, -0.2) is 21.1 Å². The van der Waals surface area contributed by atoms with Gasteiger partial charge in [-0.2, -0.15) is 0 Å². The van der Waals surface area contributed by atoms with Gasteiger partial charge < -0.3 is 19.2 Å². The van der Waals surface area contributed by atoms with Gasteiger partial charge in [0.25, 0.3) is 0 Å².